The maximum absolute atomic E-state index is 12.5. The third-order valence-corrected chi connectivity index (χ3v) is 5.88. The van der Waals surface area contributed by atoms with Crippen molar-refractivity contribution in [3.8, 4) is 0 Å². The van der Waals surface area contributed by atoms with Crippen molar-refractivity contribution in [2.75, 3.05) is 13.2 Å². The highest BCUT2D eigenvalue weighted by Crippen LogP contribution is 2.31. The van der Waals surface area contributed by atoms with E-state index in [0.29, 0.717) is 31.4 Å². The van der Waals surface area contributed by atoms with Crippen LogP contribution >= 0.6 is 0 Å². The van der Waals surface area contributed by atoms with Gasteiger partial charge in [0.1, 0.15) is 10.9 Å². The molecule has 3 aliphatic rings. The molecule has 0 aromatic heterocycles. The lowest BCUT2D eigenvalue weighted by molar-refractivity contribution is -0.162. The number of amidine groups is 1. The number of carbonyl (C=O) groups excluding carboxylic acids is 2. The Morgan fingerprint density at radius 3 is 2.84 bits per heavy atom. The molecule has 2 saturated heterocycles. The summed E-state index contributed by atoms with van der Waals surface area (Å²) in [6.07, 6.45) is 0.685. The number of fused-ring (bicyclic) bond motifs is 1. The highest BCUT2D eigenvalue weighted by atomic mass is 32.2. The minimum Gasteiger partial charge on any atom is -0.463 e. The Balaban J connectivity index is 1.60. The zero-order valence-corrected chi connectivity index (χ0v) is 14.1. The van der Waals surface area contributed by atoms with Gasteiger partial charge in [-0.25, -0.2) is 9.59 Å². The summed E-state index contributed by atoms with van der Waals surface area (Å²) < 4.78 is 38.4. The quantitative estimate of drug-likeness (QED) is 0.702. The average Bonchev–Trinajstić information content (AvgIpc) is 3.27. The lowest BCUT2D eigenvalue weighted by Gasteiger charge is -2.25. The lowest BCUT2D eigenvalue weighted by atomic mass is 10.1. The SMILES string of the molecule is O=C1OCC[C@H]1OC(=O)[C@@H]1CCCN1C1=NS(=O)(=O)c2ccccc21. The van der Waals surface area contributed by atoms with Crippen molar-refractivity contribution in [1.82, 2.24) is 4.90 Å². The second kappa shape index (κ2) is 5.83. The summed E-state index contributed by atoms with van der Waals surface area (Å²) in [5.41, 5.74) is 0.488. The van der Waals surface area contributed by atoms with Crippen molar-refractivity contribution in [3.05, 3.63) is 29.8 Å². The molecule has 3 heterocycles. The smallest absolute Gasteiger partial charge is 0.347 e. The Morgan fingerprint density at radius 2 is 2.08 bits per heavy atom. The minimum absolute atomic E-state index is 0.142. The van der Waals surface area contributed by atoms with Gasteiger partial charge in [-0.1, -0.05) is 12.1 Å². The largest absolute Gasteiger partial charge is 0.463 e. The fraction of sp³-hybridized carbons (Fsp3) is 0.438. The molecule has 0 amide bonds. The molecule has 132 valence electrons. The van der Waals surface area contributed by atoms with Gasteiger partial charge in [0.15, 0.2) is 5.84 Å². The Labute approximate surface area is 144 Å². The summed E-state index contributed by atoms with van der Waals surface area (Å²) in [4.78, 5) is 25.8. The van der Waals surface area contributed by atoms with Gasteiger partial charge in [-0.2, -0.15) is 8.42 Å². The van der Waals surface area contributed by atoms with E-state index >= 15 is 0 Å². The first kappa shape index (κ1) is 16.1. The Hall–Kier alpha value is -2.42. The number of nitrogens with zero attached hydrogens (tertiary/aromatic N) is 2. The molecule has 4 rings (SSSR count). The predicted molar refractivity (Wildman–Crippen MR) is 85.3 cm³/mol. The molecule has 2 atom stereocenters. The second-order valence-electron chi connectivity index (χ2n) is 6.12. The van der Waals surface area contributed by atoms with Gasteiger partial charge in [0.05, 0.1) is 6.61 Å². The topological polar surface area (TPSA) is 102 Å². The van der Waals surface area contributed by atoms with Gasteiger partial charge in [0.2, 0.25) is 6.10 Å². The average molecular weight is 364 g/mol. The van der Waals surface area contributed by atoms with Crippen molar-refractivity contribution >= 4 is 27.8 Å². The van der Waals surface area contributed by atoms with Crippen molar-refractivity contribution in [2.24, 2.45) is 4.40 Å². The molecule has 0 saturated carbocycles. The molecule has 9 heteroatoms. The third-order valence-electron chi connectivity index (χ3n) is 4.56. The fourth-order valence-corrected chi connectivity index (χ4v) is 4.58. The van der Waals surface area contributed by atoms with Crippen molar-refractivity contribution < 1.29 is 27.5 Å². The number of hydrogen-bond acceptors (Lipinski definition) is 7. The first-order chi connectivity index (χ1) is 12.0. The molecular weight excluding hydrogens is 348 g/mol. The van der Waals surface area contributed by atoms with Crippen LogP contribution in [-0.2, 0) is 29.1 Å². The van der Waals surface area contributed by atoms with E-state index < -0.39 is 34.1 Å². The van der Waals surface area contributed by atoms with E-state index in [2.05, 4.69) is 4.40 Å². The predicted octanol–water partition coefficient (Wildman–Crippen LogP) is 0.459. The van der Waals surface area contributed by atoms with Crippen LogP contribution in [-0.4, -0.2) is 56.4 Å². The molecule has 2 fully saturated rings. The molecule has 8 nitrogen and oxygen atoms in total. The molecule has 0 spiro atoms. The summed E-state index contributed by atoms with van der Waals surface area (Å²) in [6, 6.07) is 5.88. The van der Waals surface area contributed by atoms with Gasteiger partial charge in [-0.15, -0.1) is 4.40 Å². The van der Waals surface area contributed by atoms with Gasteiger partial charge < -0.3 is 14.4 Å². The molecule has 0 radical (unpaired) electrons. The molecular formula is C16H16N2O6S. The minimum atomic E-state index is -3.75. The van der Waals surface area contributed by atoms with E-state index in [0.717, 1.165) is 0 Å². The summed E-state index contributed by atoms with van der Waals surface area (Å²) in [5.74, 6) is -0.820. The summed E-state index contributed by atoms with van der Waals surface area (Å²) in [7, 11) is -3.75. The van der Waals surface area contributed by atoms with Crippen LogP contribution in [0, 0.1) is 0 Å². The summed E-state index contributed by atoms with van der Waals surface area (Å²) >= 11 is 0. The van der Waals surface area contributed by atoms with Crippen LogP contribution in [0.5, 0.6) is 0 Å². The highest BCUT2D eigenvalue weighted by Gasteiger charge is 2.41. The molecule has 1 aromatic carbocycles. The van der Waals surface area contributed by atoms with Crippen LogP contribution in [0.2, 0.25) is 0 Å². The Bertz CT molecular complexity index is 878. The van der Waals surface area contributed by atoms with E-state index in [1.54, 1.807) is 23.1 Å². The molecule has 25 heavy (non-hydrogen) atoms. The number of ether oxygens (including phenoxy) is 2. The Morgan fingerprint density at radius 1 is 1.28 bits per heavy atom. The van der Waals surface area contributed by atoms with Crippen molar-refractivity contribution in [2.45, 2.75) is 36.3 Å². The highest BCUT2D eigenvalue weighted by molar-refractivity contribution is 7.90. The van der Waals surface area contributed by atoms with Crippen LogP contribution in [0.15, 0.2) is 33.6 Å². The zero-order valence-electron chi connectivity index (χ0n) is 13.3. The molecule has 0 N–H and O–H groups in total. The van der Waals surface area contributed by atoms with E-state index in [1.165, 1.54) is 6.07 Å². The van der Waals surface area contributed by atoms with Crippen molar-refractivity contribution in [1.29, 1.82) is 0 Å². The monoisotopic (exact) mass is 364 g/mol. The van der Waals surface area contributed by atoms with Crippen LogP contribution in [0.1, 0.15) is 24.8 Å². The molecule has 0 unspecified atom stereocenters. The number of likely N-dealkylation sites (tertiary alicyclic amines) is 1. The first-order valence-corrected chi connectivity index (χ1v) is 9.49. The number of benzene rings is 1. The van der Waals surface area contributed by atoms with Gasteiger partial charge in [0.25, 0.3) is 10.0 Å². The van der Waals surface area contributed by atoms with E-state index in [1.807, 2.05) is 0 Å². The second-order valence-corrected chi connectivity index (χ2v) is 7.69. The van der Waals surface area contributed by atoms with E-state index in [4.69, 9.17) is 9.47 Å². The number of esters is 2. The zero-order chi connectivity index (χ0) is 17.6. The van der Waals surface area contributed by atoms with Crippen LogP contribution in [0.25, 0.3) is 0 Å². The fourth-order valence-electron chi connectivity index (χ4n) is 3.36. The Kier molecular flexibility index (Phi) is 3.75. The van der Waals surface area contributed by atoms with Gasteiger partial charge >= 0.3 is 11.9 Å². The van der Waals surface area contributed by atoms with Crippen LogP contribution in [0.4, 0.5) is 0 Å². The molecule has 0 bridgehead atoms. The first-order valence-electron chi connectivity index (χ1n) is 8.05. The number of carbonyl (C=O) groups is 2. The number of hydrogen-bond donors (Lipinski definition) is 0. The van der Waals surface area contributed by atoms with E-state index in [-0.39, 0.29) is 17.3 Å². The van der Waals surface area contributed by atoms with E-state index in [9.17, 15) is 18.0 Å². The van der Waals surface area contributed by atoms with Gasteiger partial charge in [-0.3, -0.25) is 0 Å². The van der Waals surface area contributed by atoms with Crippen LogP contribution in [0.3, 0.4) is 0 Å². The lowest BCUT2D eigenvalue weighted by Crippen LogP contribution is -2.43. The van der Waals surface area contributed by atoms with Gasteiger partial charge in [0, 0.05) is 18.5 Å². The third kappa shape index (κ3) is 2.68. The molecule has 0 aliphatic carbocycles. The summed E-state index contributed by atoms with van der Waals surface area (Å²) in [5, 5.41) is 0. The maximum Gasteiger partial charge on any atom is 0.347 e. The number of rotatable bonds is 2. The number of sulfonamides is 1. The number of cyclic esters (lactones) is 1. The van der Waals surface area contributed by atoms with Gasteiger partial charge in [-0.05, 0) is 25.0 Å². The maximum atomic E-state index is 12.5. The molecule has 1 aromatic rings. The summed E-state index contributed by atoms with van der Waals surface area (Å²) in [6.45, 7) is 0.737. The molecule has 3 aliphatic heterocycles. The van der Waals surface area contributed by atoms with Crippen LogP contribution < -0.4 is 0 Å². The van der Waals surface area contributed by atoms with Crippen molar-refractivity contribution in [3.63, 3.8) is 0 Å². The normalized spacial score (nSPS) is 27.0. The standard InChI is InChI=1S/C16H16N2O6S/c19-15(24-12-7-9-23-16(12)20)11-5-3-8-18(11)14-10-4-1-2-6-13(10)25(21,22)17-14/h1-2,4,6,11-12H,3,5,7-9H2/t11-,12+/m0/s1.